The summed E-state index contributed by atoms with van der Waals surface area (Å²) < 4.78 is 2.62. The first kappa shape index (κ1) is 13.8. The summed E-state index contributed by atoms with van der Waals surface area (Å²) in [4.78, 5) is 0. The lowest BCUT2D eigenvalue weighted by Crippen LogP contribution is -2.02. The lowest BCUT2D eigenvalue weighted by molar-refractivity contribution is 0.900. The summed E-state index contributed by atoms with van der Waals surface area (Å²) in [5, 5.41) is 7.29. The zero-order valence-corrected chi connectivity index (χ0v) is 12.9. The number of aryl methyl sites for hydroxylation is 2. The van der Waals surface area contributed by atoms with E-state index in [1.54, 1.807) is 0 Å². The molecule has 1 aromatic heterocycles. The summed E-state index contributed by atoms with van der Waals surface area (Å²) in [6.45, 7) is 4.23. The maximum absolute atomic E-state index is 5.37. The van der Waals surface area contributed by atoms with E-state index in [0.717, 1.165) is 17.9 Å². The van der Waals surface area contributed by atoms with Gasteiger partial charge >= 0.3 is 0 Å². The molecule has 4 heteroatoms. The minimum Gasteiger partial charge on any atom is -0.272 e. The fourth-order valence-electron chi connectivity index (χ4n) is 2.65. The van der Waals surface area contributed by atoms with Crippen molar-refractivity contribution in [2.45, 2.75) is 20.3 Å². The first-order valence-electron chi connectivity index (χ1n) is 6.92. The fourth-order valence-corrected chi connectivity index (χ4v) is 2.90. The molecule has 0 aliphatic heterocycles. The number of rotatable bonds is 3. The molecule has 0 radical (unpaired) electrons. The van der Waals surface area contributed by atoms with E-state index in [-0.39, 0.29) is 0 Å². The van der Waals surface area contributed by atoms with Crippen LogP contribution in [0, 0.1) is 18.6 Å². The Hall–Kier alpha value is -2.20. The highest BCUT2D eigenvalue weighted by molar-refractivity contribution is 7.71. The summed E-state index contributed by atoms with van der Waals surface area (Å²) >= 11 is 5.37. The largest absolute Gasteiger partial charge is 0.272 e. The van der Waals surface area contributed by atoms with Crippen molar-refractivity contribution in [3.63, 3.8) is 0 Å². The number of nitrogens with one attached hydrogen (secondary N) is 1. The third kappa shape index (κ3) is 2.95. The number of hydrogen-bond donors (Lipinski definition) is 1. The molecule has 0 saturated heterocycles. The van der Waals surface area contributed by atoms with Crippen LogP contribution in [0.15, 0.2) is 48.5 Å². The Balaban J connectivity index is 2.03. The summed E-state index contributed by atoms with van der Waals surface area (Å²) in [5.41, 5.74) is 4.82. The van der Waals surface area contributed by atoms with Crippen LogP contribution in [-0.4, -0.2) is 14.8 Å². The third-order valence-electron chi connectivity index (χ3n) is 3.40. The number of para-hydroxylation sites is 1. The lowest BCUT2D eigenvalue weighted by Gasteiger charge is -2.08. The van der Waals surface area contributed by atoms with Gasteiger partial charge in [0.05, 0.1) is 0 Å². The summed E-state index contributed by atoms with van der Waals surface area (Å²) in [7, 11) is 0. The van der Waals surface area contributed by atoms with Gasteiger partial charge in [0.15, 0.2) is 4.77 Å². The van der Waals surface area contributed by atoms with E-state index in [4.69, 9.17) is 12.2 Å². The predicted molar refractivity (Wildman–Crippen MR) is 87.5 cm³/mol. The van der Waals surface area contributed by atoms with Gasteiger partial charge in [0.25, 0.3) is 0 Å². The zero-order valence-electron chi connectivity index (χ0n) is 12.1. The van der Waals surface area contributed by atoms with Gasteiger partial charge in [-0.15, -0.1) is 0 Å². The predicted octanol–water partition coefficient (Wildman–Crippen LogP) is 4.14. The van der Waals surface area contributed by atoms with Crippen molar-refractivity contribution in [2.24, 2.45) is 0 Å². The number of nitrogens with zero attached hydrogens (tertiary/aromatic N) is 2. The van der Waals surface area contributed by atoms with Crippen molar-refractivity contribution >= 4 is 12.2 Å². The Bertz CT molecular complexity index is 795. The van der Waals surface area contributed by atoms with Gasteiger partial charge in [-0.3, -0.25) is 9.67 Å². The van der Waals surface area contributed by atoms with Crippen molar-refractivity contribution < 1.29 is 0 Å². The average Bonchev–Trinajstić information content (AvgIpc) is 2.79. The highest BCUT2D eigenvalue weighted by Crippen LogP contribution is 2.16. The second-order valence-electron chi connectivity index (χ2n) is 5.29. The standard InChI is InChI=1S/C17H17N3S/c1-12-8-13(2)10-14(9-12)11-16-18-19-17(21)20(16)15-6-4-3-5-7-15/h3-10H,11H2,1-2H3,(H,19,21). The van der Waals surface area contributed by atoms with Crippen LogP contribution >= 0.6 is 12.2 Å². The smallest absolute Gasteiger partial charge is 0.199 e. The third-order valence-corrected chi connectivity index (χ3v) is 3.67. The molecule has 0 saturated carbocycles. The van der Waals surface area contributed by atoms with E-state index in [1.807, 2.05) is 34.9 Å². The van der Waals surface area contributed by atoms with Crippen LogP contribution in [0.1, 0.15) is 22.5 Å². The molecular formula is C17H17N3S. The monoisotopic (exact) mass is 295 g/mol. The van der Waals surface area contributed by atoms with Crippen molar-refractivity contribution in [3.05, 3.63) is 75.8 Å². The number of H-pyrrole nitrogens is 1. The quantitative estimate of drug-likeness (QED) is 0.737. The molecule has 0 amide bonds. The molecule has 0 aliphatic rings. The fraction of sp³-hybridized carbons (Fsp3) is 0.176. The van der Waals surface area contributed by atoms with Crippen LogP contribution in [0.25, 0.3) is 5.69 Å². The van der Waals surface area contributed by atoms with Crippen molar-refractivity contribution in [2.75, 3.05) is 0 Å². The van der Waals surface area contributed by atoms with E-state index < -0.39 is 0 Å². The van der Waals surface area contributed by atoms with E-state index >= 15 is 0 Å². The molecule has 3 nitrogen and oxygen atoms in total. The van der Waals surface area contributed by atoms with Gasteiger partial charge in [0.1, 0.15) is 5.82 Å². The second kappa shape index (κ2) is 5.66. The first-order chi connectivity index (χ1) is 10.1. The van der Waals surface area contributed by atoms with Crippen LogP contribution in [0.2, 0.25) is 0 Å². The van der Waals surface area contributed by atoms with Gasteiger partial charge < -0.3 is 0 Å². The molecule has 3 rings (SSSR count). The van der Waals surface area contributed by atoms with Gasteiger partial charge in [-0.2, -0.15) is 5.10 Å². The van der Waals surface area contributed by atoms with E-state index in [1.165, 1.54) is 16.7 Å². The first-order valence-corrected chi connectivity index (χ1v) is 7.33. The summed E-state index contributed by atoms with van der Waals surface area (Å²) in [5.74, 6) is 0.927. The molecule has 0 spiro atoms. The molecule has 21 heavy (non-hydrogen) atoms. The molecule has 2 aromatic carbocycles. The maximum atomic E-state index is 5.37. The van der Waals surface area contributed by atoms with Gasteiger partial charge in [-0.05, 0) is 43.8 Å². The molecule has 1 N–H and O–H groups in total. The molecule has 1 heterocycles. The maximum Gasteiger partial charge on any atom is 0.199 e. The van der Waals surface area contributed by atoms with Crippen LogP contribution in [0.5, 0.6) is 0 Å². The van der Waals surface area contributed by atoms with Gasteiger partial charge in [0.2, 0.25) is 0 Å². The Kier molecular flexibility index (Phi) is 3.71. The summed E-state index contributed by atoms with van der Waals surface area (Å²) in [6.07, 6.45) is 0.755. The zero-order chi connectivity index (χ0) is 14.8. The van der Waals surface area contributed by atoms with E-state index in [9.17, 15) is 0 Å². The lowest BCUT2D eigenvalue weighted by atomic mass is 10.0. The van der Waals surface area contributed by atoms with Crippen molar-refractivity contribution in [3.8, 4) is 5.69 Å². The van der Waals surface area contributed by atoms with Crippen LogP contribution in [0.3, 0.4) is 0 Å². The summed E-state index contributed by atoms with van der Waals surface area (Å²) in [6, 6.07) is 16.6. The Morgan fingerprint density at radius 3 is 2.38 bits per heavy atom. The van der Waals surface area contributed by atoms with Crippen molar-refractivity contribution in [1.29, 1.82) is 0 Å². The van der Waals surface area contributed by atoms with Crippen LogP contribution in [0.4, 0.5) is 0 Å². The molecule has 0 bridgehead atoms. The highest BCUT2D eigenvalue weighted by atomic mass is 32.1. The molecule has 0 atom stereocenters. The number of hydrogen-bond acceptors (Lipinski definition) is 2. The average molecular weight is 295 g/mol. The number of benzene rings is 2. The topological polar surface area (TPSA) is 33.6 Å². The van der Waals surface area contributed by atoms with Gasteiger partial charge in [-0.1, -0.05) is 47.5 Å². The van der Waals surface area contributed by atoms with E-state index in [2.05, 4.69) is 42.2 Å². The minimum atomic E-state index is 0.626. The molecule has 0 aliphatic carbocycles. The SMILES string of the molecule is Cc1cc(C)cc(Cc2n[nH]c(=S)n2-c2ccccc2)c1. The number of aromatic nitrogens is 3. The van der Waals surface area contributed by atoms with Gasteiger partial charge in [0, 0.05) is 12.1 Å². The van der Waals surface area contributed by atoms with Crippen LogP contribution in [-0.2, 0) is 6.42 Å². The second-order valence-corrected chi connectivity index (χ2v) is 5.68. The van der Waals surface area contributed by atoms with E-state index in [0.29, 0.717) is 4.77 Å². The number of aromatic amines is 1. The highest BCUT2D eigenvalue weighted by Gasteiger charge is 2.09. The molecular weight excluding hydrogens is 278 g/mol. The molecule has 106 valence electrons. The van der Waals surface area contributed by atoms with Crippen molar-refractivity contribution in [1.82, 2.24) is 14.8 Å². The van der Waals surface area contributed by atoms with Crippen LogP contribution < -0.4 is 0 Å². The molecule has 3 aromatic rings. The molecule has 0 unspecified atom stereocenters. The Morgan fingerprint density at radius 1 is 1.05 bits per heavy atom. The minimum absolute atomic E-state index is 0.626. The Labute approximate surface area is 129 Å². The normalized spacial score (nSPS) is 10.8. The Morgan fingerprint density at radius 2 is 1.71 bits per heavy atom. The molecule has 0 fully saturated rings. The van der Waals surface area contributed by atoms with Gasteiger partial charge in [-0.25, -0.2) is 0 Å².